The van der Waals surface area contributed by atoms with Gasteiger partial charge in [0.15, 0.2) is 5.82 Å². The average Bonchev–Trinajstić information content (AvgIpc) is 1.99. The summed E-state index contributed by atoms with van der Waals surface area (Å²) >= 11 is 0. The molecule has 0 atom stereocenters. The van der Waals surface area contributed by atoms with E-state index in [-0.39, 0.29) is 10.6 Å². The zero-order valence-corrected chi connectivity index (χ0v) is 9.40. The molecule has 0 aliphatic heterocycles. The van der Waals surface area contributed by atoms with E-state index in [4.69, 9.17) is 10.7 Å². The van der Waals surface area contributed by atoms with Gasteiger partial charge in [0.05, 0.1) is 11.9 Å². The molecule has 0 aliphatic rings. The summed E-state index contributed by atoms with van der Waals surface area (Å²) in [5, 5.41) is 0. The van der Waals surface area contributed by atoms with Crippen molar-refractivity contribution in [3.05, 3.63) is 17.7 Å². The number of nitrogens with zero attached hydrogens (tertiary/aromatic N) is 2. The Morgan fingerprint density at radius 2 is 2.00 bits per heavy atom. The summed E-state index contributed by atoms with van der Waals surface area (Å²) in [6, 6.07) is 0. The SMILES string of the molecule is Cc1nc(C(C)(F)F)ncc1S(=O)(=O)Cl. The van der Waals surface area contributed by atoms with Crippen molar-refractivity contribution < 1.29 is 17.2 Å². The highest BCUT2D eigenvalue weighted by atomic mass is 35.7. The number of hydrogen-bond acceptors (Lipinski definition) is 4. The maximum absolute atomic E-state index is 12.8. The van der Waals surface area contributed by atoms with E-state index < -0.39 is 20.8 Å². The first-order chi connectivity index (χ1) is 6.62. The first kappa shape index (κ1) is 12.3. The van der Waals surface area contributed by atoms with Gasteiger partial charge in [0.25, 0.3) is 9.05 Å². The van der Waals surface area contributed by atoms with Gasteiger partial charge in [0, 0.05) is 17.6 Å². The molecule has 0 N–H and O–H groups in total. The Labute approximate surface area is 89.7 Å². The molecular formula is C7H7ClF2N2O2S. The lowest BCUT2D eigenvalue weighted by molar-refractivity contribution is 0.00731. The van der Waals surface area contributed by atoms with Gasteiger partial charge in [-0.05, 0) is 6.92 Å². The second-order valence-corrected chi connectivity index (χ2v) is 5.50. The van der Waals surface area contributed by atoms with Gasteiger partial charge in [-0.1, -0.05) is 0 Å². The van der Waals surface area contributed by atoms with E-state index in [0.29, 0.717) is 6.92 Å². The van der Waals surface area contributed by atoms with Crippen molar-refractivity contribution in [2.24, 2.45) is 0 Å². The van der Waals surface area contributed by atoms with E-state index in [1.54, 1.807) is 0 Å². The molecule has 1 rings (SSSR count). The maximum atomic E-state index is 12.8. The van der Waals surface area contributed by atoms with Gasteiger partial charge in [-0.2, -0.15) is 8.78 Å². The fourth-order valence-corrected chi connectivity index (χ4v) is 1.94. The van der Waals surface area contributed by atoms with Crippen LogP contribution in [0.25, 0.3) is 0 Å². The number of halogens is 3. The molecule has 0 saturated heterocycles. The van der Waals surface area contributed by atoms with E-state index in [0.717, 1.165) is 6.20 Å². The Hall–Kier alpha value is -0.820. The van der Waals surface area contributed by atoms with Crippen LogP contribution in [0.2, 0.25) is 0 Å². The molecule has 0 radical (unpaired) electrons. The highest BCUT2D eigenvalue weighted by Crippen LogP contribution is 2.25. The zero-order valence-electron chi connectivity index (χ0n) is 7.83. The van der Waals surface area contributed by atoms with Crippen molar-refractivity contribution in [1.29, 1.82) is 0 Å². The predicted molar refractivity (Wildman–Crippen MR) is 49.4 cm³/mol. The fourth-order valence-electron chi connectivity index (χ4n) is 0.907. The molecule has 15 heavy (non-hydrogen) atoms. The summed E-state index contributed by atoms with van der Waals surface area (Å²) < 4.78 is 47.3. The lowest BCUT2D eigenvalue weighted by Crippen LogP contribution is -2.14. The van der Waals surface area contributed by atoms with Crippen molar-refractivity contribution >= 4 is 19.7 Å². The highest BCUT2D eigenvalue weighted by molar-refractivity contribution is 8.13. The predicted octanol–water partition coefficient (Wildman–Crippen LogP) is 1.82. The summed E-state index contributed by atoms with van der Waals surface area (Å²) in [6.45, 7) is 1.89. The molecule has 8 heteroatoms. The largest absolute Gasteiger partial charge is 0.303 e. The maximum Gasteiger partial charge on any atom is 0.303 e. The third-order valence-electron chi connectivity index (χ3n) is 1.59. The minimum atomic E-state index is -3.99. The molecule has 0 fully saturated rings. The molecule has 1 aromatic rings. The van der Waals surface area contributed by atoms with Crippen LogP contribution in [0, 0.1) is 6.92 Å². The Morgan fingerprint density at radius 1 is 1.47 bits per heavy atom. The molecule has 4 nitrogen and oxygen atoms in total. The first-order valence-electron chi connectivity index (χ1n) is 3.79. The van der Waals surface area contributed by atoms with Crippen molar-refractivity contribution in [3.63, 3.8) is 0 Å². The molecule has 0 aliphatic carbocycles. The summed E-state index contributed by atoms with van der Waals surface area (Å²) in [5.41, 5.74) is -0.100. The summed E-state index contributed by atoms with van der Waals surface area (Å²) in [7, 11) is 1.04. The molecule has 0 saturated carbocycles. The molecule has 1 heterocycles. The van der Waals surface area contributed by atoms with Gasteiger partial charge in [-0.3, -0.25) is 0 Å². The van der Waals surface area contributed by atoms with Gasteiger partial charge < -0.3 is 0 Å². The molecule has 0 unspecified atom stereocenters. The third-order valence-corrected chi connectivity index (χ3v) is 3.01. The van der Waals surface area contributed by atoms with Crippen molar-refractivity contribution in [2.45, 2.75) is 24.7 Å². The lowest BCUT2D eigenvalue weighted by Gasteiger charge is -2.09. The van der Waals surface area contributed by atoms with Crippen molar-refractivity contribution in [2.75, 3.05) is 0 Å². The number of aryl methyl sites for hydroxylation is 1. The van der Waals surface area contributed by atoms with E-state index in [9.17, 15) is 17.2 Å². The summed E-state index contributed by atoms with van der Waals surface area (Å²) in [4.78, 5) is 6.27. The van der Waals surface area contributed by atoms with Crippen LogP contribution >= 0.6 is 10.7 Å². The van der Waals surface area contributed by atoms with Crippen LogP contribution < -0.4 is 0 Å². The average molecular weight is 257 g/mol. The standard InChI is InChI=1S/C7H7ClF2N2O2S/c1-4-5(15(8,13)14)3-11-6(12-4)7(2,9)10/h3H,1-2H3. The Kier molecular flexibility index (Phi) is 2.97. The number of hydrogen-bond donors (Lipinski definition) is 0. The molecule has 0 spiro atoms. The number of alkyl halides is 2. The Morgan fingerprint density at radius 3 is 2.33 bits per heavy atom. The second kappa shape index (κ2) is 3.64. The van der Waals surface area contributed by atoms with Crippen molar-refractivity contribution in [3.8, 4) is 0 Å². The van der Waals surface area contributed by atoms with Crippen LogP contribution in [0.5, 0.6) is 0 Å². The number of rotatable bonds is 2. The lowest BCUT2D eigenvalue weighted by atomic mass is 10.3. The van der Waals surface area contributed by atoms with Crippen molar-refractivity contribution in [1.82, 2.24) is 9.97 Å². The molecular weight excluding hydrogens is 250 g/mol. The molecule has 0 bridgehead atoms. The minimum absolute atomic E-state index is 0.100. The van der Waals surface area contributed by atoms with Gasteiger partial charge in [0.1, 0.15) is 4.90 Å². The van der Waals surface area contributed by atoms with Crippen LogP contribution in [0.1, 0.15) is 18.4 Å². The first-order valence-corrected chi connectivity index (χ1v) is 6.10. The summed E-state index contributed by atoms with van der Waals surface area (Å²) in [5.74, 6) is -3.94. The molecule has 1 aromatic heterocycles. The quantitative estimate of drug-likeness (QED) is 0.758. The van der Waals surface area contributed by atoms with E-state index in [1.807, 2.05) is 0 Å². The van der Waals surface area contributed by atoms with Crippen LogP contribution in [-0.4, -0.2) is 18.4 Å². The zero-order chi connectivity index (χ0) is 11.9. The van der Waals surface area contributed by atoms with Crippen LogP contribution in [0.4, 0.5) is 8.78 Å². The van der Waals surface area contributed by atoms with Gasteiger partial charge in [-0.25, -0.2) is 18.4 Å². The minimum Gasteiger partial charge on any atom is -0.234 e. The molecule has 84 valence electrons. The van der Waals surface area contributed by atoms with Crippen LogP contribution in [-0.2, 0) is 15.0 Å². The highest BCUT2D eigenvalue weighted by Gasteiger charge is 2.29. The van der Waals surface area contributed by atoms with Gasteiger partial charge in [-0.15, -0.1) is 0 Å². The molecule has 0 amide bonds. The fraction of sp³-hybridized carbons (Fsp3) is 0.429. The van der Waals surface area contributed by atoms with E-state index in [2.05, 4.69) is 9.97 Å². The smallest absolute Gasteiger partial charge is 0.234 e. The topological polar surface area (TPSA) is 59.9 Å². The number of aromatic nitrogens is 2. The molecule has 0 aromatic carbocycles. The normalized spacial score (nSPS) is 12.9. The van der Waals surface area contributed by atoms with E-state index in [1.165, 1.54) is 6.92 Å². The van der Waals surface area contributed by atoms with Crippen LogP contribution in [0.15, 0.2) is 11.1 Å². The Balaban J connectivity index is 3.34. The van der Waals surface area contributed by atoms with Crippen LogP contribution in [0.3, 0.4) is 0 Å². The monoisotopic (exact) mass is 256 g/mol. The van der Waals surface area contributed by atoms with Gasteiger partial charge >= 0.3 is 5.92 Å². The third kappa shape index (κ3) is 2.82. The van der Waals surface area contributed by atoms with E-state index >= 15 is 0 Å². The Bertz CT molecular complexity index is 484. The summed E-state index contributed by atoms with van der Waals surface area (Å²) in [6.07, 6.45) is 0.775. The second-order valence-electron chi connectivity index (χ2n) is 2.97. The van der Waals surface area contributed by atoms with Gasteiger partial charge in [0.2, 0.25) is 0 Å².